The molecular weight excluding hydrogens is 382 g/mol. The maximum Gasteiger partial charge on any atom is 0.250 e. The van der Waals surface area contributed by atoms with Crippen molar-refractivity contribution in [2.45, 2.75) is 30.6 Å². The highest BCUT2D eigenvalue weighted by molar-refractivity contribution is 7.89. The Morgan fingerprint density at radius 1 is 1.14 bits per heavy atom. The number of ether oxygens (including phenoxy) is 1. The van der Waals surface area contributed by atoms with Crippen LogP contribution in [-0.2, 0) is 10.0 Å². The second-order valence-corrected chi connectivity index (χ2v) is 8.48. The molecule has 3 heterocycles. The van der Waals surface area contributed by atoms with Gasteiger partial charge in [-0.3, -0.25) is 0 Å². The number of hydrogen-bond donors (Lipinski definition) is 0. The van der Waals surface area contributed by atoms with Crippen LogP contribution in [0.5, 0.6) is 5.75 Å². The van der Waals surface area contributed by atoms with Gasteiger partial charge in [0.25, 0.3) is 5.89 Å². The minimum Gasteiger partial charge on any atom is -0.494 e. The molecule has 1 fully saturated rings. The van der Waals surface area contributed by atoms with Crippen LogP contribution < -0.4 is 4.74 Å². The summed E-state index contributed by atoms with van der Waals surface area (Å²) in [6.45, 7) is 3.24. The first-order chi connectivity index (χ1) is 13.6. The van der Waals surface area contributed by atoms with Gasteiger partial charge in [0.2, 0.25) is 15.9 Å². The van der Waals surface area contributed by atoms with Crippen LogP contribution in [0.1, 0.15) is 31.6 Å². The molecule has 0 spiro atoms. The molecule has 1 aliphatic heterocycles. The number of sulfonamides is 1. The number of aromatic nitrogens is 2. The molecule has 0 aliphatic carbocycles. The fourth-order valence-corrected chi connectivity index (χ4v) is 4.74. The molecule has 0 saturated carbocycles. The molecular formula is C19H21N3O5S. The molecule has 3 aromatic rings. The summed E-state index contributed by atoms with van der Waals surface area (Å²) in [4.78, 5) is 0.273. The highest BCUT2D eigenvalue weighted by Gasteiger charge is 2.32. The summed E-state index contributed by atoms with van der Waals surface area (Å²) in [5, 5.41) is 8.18. The summed E-state index contributed by atoms with van der Waals surface area (Å²) in [5.74, 6) is 1.65. The number of rotatable bonds is 6. The molecule has 148 valence electrons. The zero-order valence-corrected chi connectivity index (χ0v) is 16.3. The van der Waals surface area contributed by atoms with Crippen molar-refractivity contribution < 1.29 is 22.0 Å². The van der Waals surface area contributed by atoms with Gasteiger partial charge in [-0.25, -0.2) is 8.42 Å². The topological polar surface area (TPSA) is 98.7 Å². The summed E-state index contributed by atoms with van der Waals surface area (Å²) < 4.78 is 43.4. The predicted molar refractivity (Wildman–Crippen MR) is 100 cm³/mol. The lowest BCUT2D eigenvalue weighted by Crippen LogP contribution is -2.37. The summed E-state index contributed by atoms with van der Waals surface area (Å²) in [6.07, 6.45) is 4.35. The van der Waals surface area contributed by atoms with Crippen molar-refractivity contribution in [2.24, 2.45) is 0 Å². The van der Waals surface area contributed by atoms with Gasteiger partial charge in [0.05, 0.1) is 23.3 Å². The summed E-state index contributed by atoms with van der Waals surface area (Å²) >= 11 is 0. The monoisotopic (exact) mass is 403 g/mol. The number of furan rings is 1. The Bertz CT molecular complexity index is 1000. The summed E-state index contributed by atoms with van der Waals surface area (Å²) in [6, 6.07) is 8.28. The Balaban J connectivity index is 1.42. The molecule has 4 rings (SSSR count). The van der Waals surface area contributed by atoms with Crippen molar-refractivity contribution in [3.63, 3.8) is 0 Å². The molecule has 0 unspecified atom stereocenters. The third-order valence-electron chi connectivity index (χ3n) is 4.78. The van der Waals surface area contributed by atoms with Gasteiger partial charge in [0.1, 0.15) is 12.0 Å². The molecule has 0 amide bonds. The van der Waals surface area contributed by atoms with Crippen LogP contribution in [0.3, 0.4) is 0 Å². The molecule has 28 heavy (non-hydrogen) atoms. The predicted octanol–water partition coefficient (Wildman–Crippen LogP) is 3.30. The van der Waals surface area contributed by atoms with Gasteiger partial charge < -0.3 is 13.6 Å². The maximum absolute atomic E-state index is 12.9. The van der Waals surface area contributed by atoms with E-state index < -0.39 is 10.0 Å². The molecule has 0 N–H and O–H groups in total. The van der Waals surface area contributed by atoms with E-state index in [0.29, 0.717) is 50.1 Å². The van der Waals surface area contributed by atoms with Crippen molar-refractivity contribution in [3.8, 4) is 17.2 Å². The number of nitrogens with zero attached hydrogens (tertiary/aromatic N) is 3. The van der Waals surface area contributed by atoms with Crippen molar-refractivity contribution in [2.75, 3.05) is 19.7 Å². The molecule has 8 nitrogen and oxygen atoms in total. The molecule has 2 aromatic heterocycles. The van der Waals surface area contributed by atoms with E-state index in [4.69, 9.17) is 13.6 Å². The lowest BCUT2D eigenvalue weighted by Gasteiger charge is -2.29. The van der Waals surface area contributed by atoms with Gasteiger partial charge in [-0.2, -0.15) is 4.31 Å². The first-order valence-electron chi connectivity index (χ1n) is 9.17. The van der Waals surface area contributed by atoms with Crippen molar-refractivity contribution in [1.29, 1.82) is 0 Å². The maximum atomic E-state index is 12.9. The quantitative estimate of drug-likeness (QED) is 0.623. The average Bonchev–Trinajstić information content (AvgIpc) is 3.41. The Morgan fingerprint density at radius 3 is 2.54 bits per heavy atom. The van der Waals surface area contributed by atoms with E-state index in [1.54, 1.807) is 42.9 Å². The zero-order valence-electron chi connectivity index (χ0n) is 15.4. The first kappa shape index (κ1) is 18.7. The van der Waals surface area contributed by atoms with Crippen molar-refractivity contribution in [3.05, 3.63) is 48.7 Å². The standard InChI is InChI=1S/C19H21N3O5S/c1-2-26-16-3-5-17(6-4-16)28(23,24)22-10-7-14(8-11-22)18-20-21-19(27-18)15-9-12-25-13-15/h3-6,9,12-14H,2,7-8,10-11H2,1H3. The molecule has 1 aromatic carbocycles. The van der Waals surface area contributed by atoms with Gasteiger partial charge in [0.15, 0.2) is 0 Å². The van der Waals surface area contributed by atoms with Crippen LogP contribution >= 0.6 is 0 Å². The Labute approximate surface area is 163 Å². The van der Waals surface area contributed by atoms with Gasteiger partial charge in [-0.05, 0) is 50.1 Å². The first-order valence-corrected chi connectivity index (χ1v) is 10.6. The minimum atomic E-state index is -3.53. The fraction of sp³-hybridized carbons (Fsp3) is 0.368. The molecule has 1 aliphatic rings. The third kappa shape index (κ3) is 3.67. The Morgan fingerprint density at radius 2 is 1.89 bits per heavy atom. The van der Waals surface area contributed by atoms with Crippen LogP contribution in [0.4, 0.5) is 0 Å². The minimum absolute atomic E-state index is 0.0416. The third-order valence-corrected chi connectivity index (χ3v) is 6.70. The number of benzene rings is 1. The lowest BCUT2D eigenvalue weighted by atomic mass is 9.98. The Kier molecular flexibility index (Phi) is 5.19. The van der Waals surface area contributed by atoms with E-state index in [1.807, 2.05) is 6.92 Å². The molecule has 0 bridgehead atoms. The number of hydrogen-bond acceptors (Lipinski definition) is 7. The van der Waals surface area contributed by atoms with E-state index in [-0.39, 0.29) is 10.8 Å². The van der Waals surface area contributed by atoms with E-state index >= 15 is 0 Å². The second kappa shape index (κ2) is 7.76. The van der Waals surface area contributed by atoms with Crippen LogP contribution in [0.2, 0.25) is 0 Å². The summed E-state index contributed by atoms with van der Waals surface area (Å²) in [7, 11) is -3.53. The largest absolute Gasteiger partial charge is 0.494 e. The van der Waals surface area contributed by atoms with Crippen molar-refractivity contribution >= 4 is 10.0 Å². The normalized spacial score (nSPS) is 16.3. The van der Waals surface area contributed by atoms with Gasteiger partial charge >= 0.3 is 0 Å². The highest BCUT2D eigenvalue weighted by Crippen LogP contribution is 2.32. The fourth-order valence-electron chi connectivity index (χ4n) is 3.27. The Hall–Kier alpha value is -2.65. The zero-order chi connectivity index (χ0) is 19.6. The average molecular weight is 403 g/mol. The smallest absolute Gasteiger partial charge is 0.250 e. The second-order valence-electron chi connectivity index (χ2n) is 6.54. The van der Waals surface area contributed by atoms with Gasteiger partial charge in [0, 0.05) is 19.0 Å². The van der Waals surface area contributed by atoms with E-state index in [1.165, 1.54) is 4.31 Å². The number of piperidine rings is 1. The SMILES string of the molecule is CCOc1ccc(S(=O)(=O)N2CCC(c3nnc(-c4ccoc4)o3)CC2)cc1. The van der Waals surface area contributed by atoms with Gasteiger partial charge in [-0.1, -0.05) is 0 Å². The van der Waals surface area contributed by atoms with E-state index in [0.717, 1.165) is 5.56 Å². The van der Waals surface area contributed by atoms with E-state index in [9.17, 15) is 8.42 Å². The van der Waals surface area contributed by atoms with Crippen LogP contribution in [0.15, 0.2) is 56.6 Å². The lowest BCUT2D eigenvalue weighted by molar-refractivity contribution is 0.291. The van der Waals surface area contributed by atoms with Crippen molar-refractivity contribution in [1.82, 2.24) is 14.5 Å². The van der Waals surface area contributed by atoms with E-state index in [2.05, 4.69) is 10.2 Å². The summed E-state index contributed by atoms with van der Waals surface area (Å²) in [5.41, 5.74) is 0.731. The van der Waals surface area contributed by atoms with Gasteiger partial charge in [-0.15, -0.1) is 10.2 Å². The molecule has 0 atom stereocenters. The van der Waals surface area contributed by atoms with Crippen LogP contribution in [-0.4, -0.2) is 42.6 Å². The highest BCUT2D eigenvalue weighted by atomic mass is 32.2. The van der Waals surface area contributed by atoms with Crippen LogP contribution in [0, 0.1) is 0 Å². The molecule has 1 saturated heterocycles. The molecule has 0 radical (unpaired) electrons. The molecule has 9 heteroatoms. The van der Waals surface area contributed by atoms with Crippen LogP contribution in [0.25, 0.3) is 11.5 Å².